The fourth-order valence-electron chi connectivity index (χ4n) is 1.73. The molecule has 0 aliphatic rings. The molecule has 0 bridgehead atoms. The van der Waals surface area contributed by atoms with Crippen LogP contribution in [0.15, 0.2) is 4.99 Å². The van der Waals surface area contributed by atoms with Gasteiger partial charge in [0.15, 0.2) is 5.96 Å². The minimum atomic E-state index is 0. The topological polar surface area (TPSA) is 45.6 Å². The minimum absolute atomic E-state index is 0. The van der Waals surface area contributed by atoms with Crippen molar-refractivity contribution in [1.82, 2.24) is 10.6 Å². The molecule has 0 radical (unpaired) electrons. The fraction of sp³-hybridized carbons (Fsp3) is 0.933. The van der Waals surface area contributed by atoms with Crippen molar-refractivity contribution in [2.24, 2.45) is 10.4 Å². The van der Waals surface area contributed by atoms with Gasteiger partial charge >= 0.3 is 0 Å². The summed E-state index contributed by atoms with van der Waals surface area (Å²) in [4.78, 5) is 4.22. The van der Waals surface area contributed by atoms with Crippen molar-refractivity contribution in [1.29, 1.82) is 0 Å². The summed E-state index contributed by atoms with van der Waals surface area (Å²) in [6.45, 7) is 12.5. The first-order chi connectivity index (χ1) is 8.99. The predicted molar refractivity (Wildman–Crippen MR) is 99.2 cm³/mol. The summed E-state index contributed by atoms with van der Waals surface area (Å²) in [5.41, 5.74) is 0.415. The van der Waals surface area contributed by atoms with Gasteiger partial charge in [0.1, 0.15) is 0 Å². The van der Waals surface area contributed by atoms with Crippen molar-refractivity contribution in [3.8, 4) is 0 Å². The number of guanidine groups is 1. The fourth-order valence-corrected chi connectivity index (χ4v) is 1.73. The van der Waals surface area contributed by atoms with Crippen LogP contribution in [0.5, 0.6) is 0 Å². The van der Waals surface area contributed by atoms with Crippen LogP contribution in [0.25, 0.3) is 0 Å². The molecule has 5 heteroatoms. The SMILES string of the molecule is CCOCCCCNC(=NC)NCCCC(C)(C)C.I. The second-order valence-corrected chi connectivity index (χ2v) is 5.99. The van der Waals surface area contributed by atoms with E-state index in [1.807, 2.05) is 14.0 Å². The molecule has 0 rings (SSSR count). The van der Waals surface area contributed by atoms with E-state index in [0.29, 0.717) is 5.41 Å². The lowest BCUT2D eigenvalue weighted by molar-refractivity contribution is 0.143. The third kappa shape index (κ3) is 16.0. The zero-order valence-electron chi connectivity index (χ0n) is 13.9. The second kappa shape index (κ2) is 13.9. The lowest BCUT2D eigenvalue weighted by Gasteiger charge is -2.18. The summed E-state index contributed by atoms with van der Waals surface area (Å²) in [6, 6.07) is 0. The molecule has 122 valence electrons. The van der Waals surface area contributed by atoms with Gasteiger partial charge in [-0.25, -0.2) is 0 Å². The van der Waals surface area contributed by atoms with Crippen LogP contribution in [-0.4, -0.2) is 39.3 Å². The molecule has 0 saturated carbocycles. The van der Waals surface area contributed by atoms with Crippen LogP contribution in [0.1, 0.15) is 53.4 Å². The van der Waals surface area contributed by atoms with Gasteiger partial charge in [-0.2, -0.15) is 0 Å². The Kier molecular flexibility index (Phi) is 15.5. The molecule has 0 spiro atoms. The Balaban J connectivity index is 0. The van der Waals surface area contributed by atoms with Crippen molar-refractivity contribution < 1.29 is 4.74 Å². The van der Waals surface area contributed by atoms with Gasteiger partial charge in [-0.15, -0.1) is 24.0 Å². The zero-order chi connectivity index (χ0) is 14.6. The molecule has 0 aromatic heterocycles. The first-order valence-electron chi connectivity index (χ1n) is 7.52. The molecule has 20 heavy (non-hydrogen) atoms. The lowest BCUT2D eigenvalue weighted by Crippen LogP contribution is -2.38. The number of rotatable bonds is 9. The Morgan fingerprint density at radius 1 is 1.05 bits per heavy atom. The summed E-state index contributed by atoms with van der Waals surface area (Å²) < 4.78 is 5.30. The van der Waals surface area contributed by atoms with E-state index in [2.05, 4.69) is 36.4 Å². The molecule has 0 fully saturated rings. The molecule has 0 aliphatic heterocycles. The van der Waals surface area contributed by atoms with E-state index in [-0.39, 0.29) is 24.0 Å². The molecule has 4 nitrogen and oxygen atoms in total. The van der Waals surface area contributed by atoms with Crippen LogP contribution in [0.4, 0.5) is 0 Å². The highest BCUT2D eigenvalue weighted by atomic mass is 127. The second-order valence-electron chi connectivity index (χ2n) is 5.99. The Labute approximate surface area is 142 Å². The molecular weight excluding hydrogens is 365 g/mol. The van der Waals surface area contributed by atoms with E-state index in [1.54, 1.807) is 0 Å². The number of unbranched alkanes of at least 4 members (excludes halogenated alkanes) is 1. The molecule has 0 aliphatic carbocycles. The molecule has 0 saturated heterocycles. The summed E-state index contributed by atoms with van der Waals surface area (Å²) in [6.07, 6.45) is 4.62. The number of hydrogen-bond donors (Lipinski definition) is 2. The van der Waals surface area contributed by atoms with Crippen molar-refractivity contribution in [3.05, 3.63) is 0 Å². The Hall–Kier alpha value is -0.0400. The highest BCUT2D eigenvalue weighted by Gasteiger charge is 2.08. The predicted octanol–water partition coefficient (Wildman–Crippen LogP) is 3.41. The standard InChI is InChI=1S/C15H33N3O.HI/c1-6-19-13-8-7-11-17-14(16-5)18-12-9-10-15(2,3)4;/h6-13H2,1-5H3,(H2,16,17,18);1H. The Morgan fingerprint density at radius 3 is 2.15 bits per heavy atom. The van der Waals surface area contributed by atoms with Gasteiger partial charge in [0.05, 0.1) is 0 Å². The number of halogens is 1. The monoisotopic (exact) mass is 399 g/mol. The maximum absolute atomic E-state index is 5.30. The number of ether oxygens (including phenoxy) is 1. The van der Waals surface area contributed by atoms with Gasteiger partial charge in [0.25, 0.3) is 0 Å². The number of aliphatic imine (C=N–C) groups is 1. The smallest absolute Gasteiger partial charge is 0.190 e. The Bertz CT molecular complexity index is 240. The normalized spacial score (nSPS) is 11.9. The van der Waals surface area contributed by atoms with Crippen molar-refractivity contribution in [3.63, 3.8) is 0 Å². The molecule has 0 aromatic rings. The van der Waals surface area contributed by atoms with E-state index in [0.717, 1.165) is 45.1 Å². The first-order valence-corrected chi connectivity index (χ1v) is 7.52. The molecule has 0 heterocycles. The highest BCUT2D eigenvalue weighted by molar-refractivity contribution is 14.0. The van der Waals surface area contributed by atoms with Crippen LogP contribution in [0.2, 0.25) is 0 Å². The first kappa shape index (κ1) is 22.2. The van der Waals surface area contributed by atoms with Gasteiger partial charge in [-0.05, 0) is 38.0 Å². The molecule has 2 N–H and O–H groups in total. The van der Waals surface area contributed by atoms with Crippen LogP contribution < -0.4 is 10.6 Å². The van der Waals surface area contributed by atoms with Gasteiger partial charge in [-0.3, -0.25) is 4.99 Å². The van der Waals surface area contributed by atoms with Crippen molar-refractivity contribution >= 4 is 29.9 Å². The average Bonchev–Trinajstić information content (AvgIpc) is 2.34. The molecule has 0 amide bonds. The molecule has 0 atom stereocenters. The highest BCUT2D eigenvalue weighted by Crippen LogP contribution is 2.19. The third-order valence-electron chi connectivity index (χ3n) is 2.83. The Morgan fingerprint density at radius 2 is 1.65 bits per heavy atom. The van der Waals surface area contributed by atoms with Gasteiger partial charge in [-0.1, -0.05) is 20.8 Å². The maximum atomic E-state index is 5.30. The number of hydrogen-bond acceptors (Lipinski definition) is 2. The van der Waals surface area contributed by atoms with Gasteiger partial charge < -0.3 is 15.4 Å². The third-order valence-corrected chi connectivity index (χ3v) is 2.83. The van der Waals surface area contributed by atoms with Crippen LogP contribution >= 0.6 is 24.0 Å². The molecular formula is C15H34IN3O. The van der Waals surface area contributed by atoms with Gasteiger partial charge in [0, 0.05) is 33.4 Å². The number of nitrogens with one attached hydrogen (secondary N) is 2. The quantitative estimate of drug-likeness (QED) is 0.270. The largest absolute Gasteiger partial charge is 0.382 e. The lowest BCUT2D eigenvalue weighted by atomic mass is 9.91. The van der Waals surface area contributed by atoms with Crippen molar-refractivity contribution in [2.75, 3.05) is 33.4 Å². The maximum Gasteiger partial charge on any atom is 0.190 e. The van der Waals surface area contributed by atoms with Gasteiger partial charge in [0.2, 0.25) is 0 Å². The van der Waals surface area contributed by atoms with E-state index in [9.17, 15) is 0 Å². The minimum Gasteiger partial charge on any atom is -0.382 e. The zero-order valence-corrected chi connectivity index (χ0v) is 16.3. The summed E-state index contributed by atoms with van der Waals surface area (Å²) in [7, 11) is 1.82. The van der Waals surface area contributed by atoms with Crippen LogP contribution in [0.3, 0.4) is 0 Å². The van der Waals surface area contributed by atoms with E-state index in [1.165, 1.54) is 12.8 Å². The average molecular weight is 399 g/mol. The van der Waals surface area contributed by atoms with E-state index in [4.69, 9.17) is 4.74 Å². The van der Waals surface area contributed by atoms with Crippen LogP contribution in [0, 0.1) is 5.41 Å². The van der Waals surface area contributed by atoms with Crippen molar-refractivity contribution in [2.45, 2.75) is 53.4 Å². The van der Waals surface area contributed by atoms with E-state index < -0.39 is 0 Å². The van der Waals surface area contributed by atoms with Crippen LogP contribution in [-0.2, 0) is 4.74 Å². The molecule has 0 aromatic carbocycles. The summed E-state index contributed by atoms with van der Waals surface area (Å²) in [5, 5.41) is 6.68. The van der Waals surface area contributed by atoms with E-state index >= 15 is 0 Å². The summed E-state index contributed by atoms with van der Waals surface area (Å²) in [5.74, 6) is 0.908. The molecule has 0 unspecified atom stereocenters. The number of nitrogens with zero attached hydrogens (tertiary/aromatic N) is 1. The summed E-state index contributed by atoms with van der Waals surface area (Å²) >= 11 is 0.